The largest absolute Gasteiger partial charge is 0.493 e. The van der Waals surface area contributed by atoms with E-state index in [0.717, 1.165) is 12.8 Å². The third-order valence-electron chi connectivity index (χ3n) is 3.94. The molecule has 0 fully saturated rings. The van der Waals surface area contributed by atoms with Crippen LogP contribution in [0.3, 0.4) is 0 Å². The Labute approximate surface area is 162 Å². The molecule has 27 heavy (non-hydrogen) atoms. The Bertz CT molecular complexity index is 841. The first kappa shape index (κ1) is 20.5. The predicted molar refractivity (Wildman–Crippen MR) is 103 cm³/mol. The van der Waals surface area contributed by atoms with Crippen molar-refractivity contribution in [1.82, 2.24) is 4.90 Å². The van der Waals surface area contributed by atoms with E-state index in [-0.39, 0.29) is 28.1 Å². The lowest BCUT2D eigenvalue weighted by Gasteiger charge is -2.18. The van der Waals surface area contributed by atoms with Crippen molar-refractivity contribution in [2.75, 3.05) is 20.7 Å². The van der Waals surface area contributed by atoms with Crippen LogP contribution in [0.15, 0.2) is 36.4 Å². The average Bonchev–Trinajstić information content (AvgIpc) is 2.66. The van der Waals surface area contributed by atoms with E-state index in [1.165, 1.54) is 25.3 Å². The van der Waals surface area contributed by atoms with Crippen LogP contribution in [-0.4, -0.2) is 36.4 Å². The lowest BCUT2D eigenvalue weighted by atomic mass is 10.1. The summed E-state index contributed by atoms with van der Waals surface area (Å²) >= 11 is 5.82. The lowest BCUT2D eigenvalue weighted by Crippen LogP contribution is -2.27. The summed E-state index contributed by atoms with van der Waals surface area (Å²) in [5.74, 6) is 0.456. The molecule has 0 saturated carbocycles. The van der Waals surface area contributed by atoms with Crippen molar-refractivity contribution >= 4 is 23.2 Å². The van der Waals surface area contributed by atoms with E-state index < -0.39 is 4.92 Å². The van der Waals surface area contributed by atoms with Crippen molar-refractivity contribution in [2.45, 2.75) is 19.8 Å². The molecule has 0 bridgehead atoms. The lowest BCUT2D eigenvalue weighted by molar-refractivity contribution is -0.385. The highest BCUT2D eigenvalue weighted by Crippen LogP contribution is 2.38. The van der Waals surface area contributed by atoms with Gasteiger partial charge in [0.15, 0.2) is 11.5 Å². The van der Waals surface area contributed by atoms with Crippen LogP contribution in [0.1, 0.15) is 30.1 Å². The highest BCUT2D eigenvalue weighted by molar-refractivity contribution is 6.30. The van der Waals surface area contributed by atoms with E-state index in [0.29, 0.717) is 17.9 Å². The highest BCUT2D eigenvalue weighted by Gasteiger charge is 2.19. The van der Waals surface area contributed by atoms with Crippen LogP contribution in [0.25, 0.3) is 0 Å². The first-order chi connectivity index (χ1) is 12.9. The van der Waals surface area contributed by atoms with E-state index in [2.05, 4.69) is 6.92 Å². The second-order valence-electron chi connectivity index (χ2n) is 5.92. The van der Waals surface area contributed by atoms with Gasteiger partial charge < -0.3 is 14.4 Å². The van der Waals surface area contributed by atoms with Crippen LogP contribution in [0, 0.1) is 10.1 Å². The van der Waals surface area contributed by atoms with Crippen LogP contribution >= 0.6 is 11.6 Å². The van der Waals surface area contributed by atoms with Crippen LogP contribution in [0.4, 0.5) is 5.69 Å². The maximum Gasteiger partial charge on any atom is 0.313 e. The van der Waals surface area contributed by atoms with Gasteiger partial charge in [0.1, 0.15) is 0 Å². The van der Waals surface area contributed by atoms with Crippen molar-refractivity contribution in [2.24, 2.45) is 0 Å². The van der Waals surface area contributed by atoms with Crippen molar-refractivity contribution in [3.63, 3.8) is 0 Å². The SMILES string of the molecule is CCCCN(C)C(=O)c1ccc(Oc2ccc(Cl)cc2[N+](=O)[O-])c(OC)c1. The summed E-state index contributed by atoms with van der Waals surface area (Å²) in [6.07, 6.45) is 1.91. The Morgan fingerprint density at radius 1 is 1.19 bits per heavy atom. The molecule has 2 aromatic carbocycles. The molecule has 0 atom stereocenters. The molecule has 8 heteroatoms. The standard InChI is InChI=1S/C19H21ClN2O5/c1-4-5-10-21(2)19(23)13-6-8-17(18(11-13)26-3)27-16-9-7-14(20)12-15(16)22(24)25/h6-9,11-12H,4-5,10H2,1-3H3. The number of amides is 1. The van der Waals surface area contributed by atoms with E-state index >= 15 is 0 Å². The third-order valence-corrected chi connectivity index (χ3v) is 4.18. The Hall–Kier alpha value is -2.80. The Balaban J connectivity index is 2.30. The molecule has 7 nitrogen and oxygen atoms in total. The van der Waals surface area contributed by atoms with E-state index in [9.17, 15) is 14.9 Å². The van der Waals surface area contributed by atoms with Gasteiger partial charge in [0, 0.05) is 30.2 Å². The monoisotopic (exact) mass is 392 g/mol. The van der Waals surface area contributed by atoms with Gasteiger partial charge in [-0.05, 0) is 36.8 Å². The smallest absolute Gasteiger partial charge is 0.313 e. The molecular weight excluding hydrogens is 372 g/mol. The number of hydrogen-bond acceptors (Lipinski definition) is 5. The van der Waals surface area contributed by atoms with Crippen LogP contribution in [0.5, 0.6) is 17.2 Å². The molecule has 0 aliphatic carbocycles. The molecule has 0 saturated heterocycles. The number of hydrogen-bond donors (Lipinski definition) is 0. The second-order valence-corrected chi connectivity index (χ2v) is 6.35. The van der Waals surface area contributed by atoms with Gasteiger partial charge in [0.05, 0.1) is 12.0 Å². The van der Waals surface area contributed by atoms with Crippen molar-refractivity contribution in [3.05, 3.63) is 57.1 Å². The van der Waals surface area contributed by atoms with Crippen LogP contribution < -0.4 is 9.47 Å². The summed E-state index contributed by atoms with van der Waals surface area (Å²) in [7, 11) is 3.18. The van der Waals surface area contributed by atoms with Gasteiger partial charge in [-0.15, -0.1) is 0 Å². The summed E-state index contributed by atoms with van der Waals surface area (Å²) in [5, 5.41) is 11.4. The molecule has 2 aromatic rings. The molecule has 0 radical (unpaired) electrons. The Kier molecular flexibility index (Phi) is 7.01. The maximum atomic E-state index is 12.5. The number of benzene rings is 2. The molecule has 0 N–H and O–H groups in total. The predicted octanol–water partition coefficient (Wildman–Crippen LogP) is 4.92. The van der Waals surface area contributed by atoms with Crippen molar-refractivity contribution in [1.29, 1.82) is 0 Å². The molecule has 0 aliphatic rings. The Morgan fingerprint density at radius 3 is 2.52 bits per heavy atom. The normalized spacial score (nSPS) is 10.4. The molecule has 2 rings (SSSR count). The zero-order chi connectivity index (χ0) is 20.0. The van der Waals surface area contributed by atoms with Gasteiger partial charge in [-0.3, -0.25) is 14.9 Å². The maximum absolute atomic E-state index is 12.5. The highest BCUT2D eigenvalue weighted by atomic mass is 35.5. The summed E-state index contributed by atoms with van der Waals surface area (Å²) < 4.78 is 11.0. The molecule has 0 unspecified atom stereocenters. The minimum absolute atomic E-state index is 0.0295. The van der Waals surface area contributed by atoms with Crippen LogP contribution in [0.2, 0.25) is 5.02 Å². The fourth-order valence-electron chi connectivity index (χ4n) is 2.44. The number of ether oxygens (including phenoxy) is 2. The number of carbonyl (C=O) groups is 1. The molecular formula is C19H21ClN2O5. The number of methoxy groups -OCH3 is 1. The van der Waals surface area contributed by atoms with Gasteiger partial charge in [-0.2, -0.15) is 0 Å². The molecule has 0 aromatic heterocycles. The number of nitrogens with zero attached hydrogens (tertiary/aromatic N) is 2. The molecule has 0 spiro atoms. The third kappa shape index (κ3) is 5.10. The average molecular weight is 393 g/mol. The van der Waals surface area contributed by atoms with Gasteiger partial charge >= 0.3 is 5.69 Å². The van der Waals surface area contributed by atoms with E-state index in [4.69, 9.17) is 21.1 Å². The first-order valence-electron chi connectivity index (χ1n) is 8.42. The summed E-state index contributed by atoms with van der Waals surface area (Å²) in [6.45, 7) is 2.72. The first-order valence-corrected chi connectivity index (χ1v) is 8.80. The topological polar surface area (TPSA) is 81.9 Å². The van der Waals surface area contributed by atoms with Crippen molar-refractivity contribution < 1.29 is 19.2 Å². The second kappa shape index (κ2) is 9.23. The number of carbonyl (C=O) groups excluding carboxylic acids is 1. The number of nitro groups is 1. The number of unbranched alkanes of at least 4 members (excludes halogenated alkanes) is 1. The minimum atomic E-state index is -0.575. The summed E-state index contributed by atoms with van der Waals surface area (Å²) in [6, 6.07) is 8.84. The number of nitro benzene ring substituents is 1. The number of halogens is 1. The zero-order valence-electron chi connectivity index (χ0n) is 15.4. The number of rotatable bonds is 8. The Morgan fingerprint density at radius 2 is 1.89 bits per heavy atom. The summed E-state index contributed by atoms with van der Waals surface area (Å²) in [5.41, 5.74) is 0.187. The zero-order valence-corrected chi connectivity index (χ0v) is 16.2. The van der Waals surface area contributed by atoms with Gasteiger partial charge in [0.2, 0.25) is 5.75 Å². The fourth-order valence-corrected chi connectivity index (χ4v) is 2.61. The molecule has 144 valence electrons. The van der Waals surface area contributed by atoms with E-state index in [1.54, 1.807) is 30.1 Å². The van der Waals surface area contributed by atoms with Crippen molar-refractivity contribution in [3.8, 4) is 17.2 Å². The molecule has 0 aliphatic heterocycles. The van der Waals surface area contributed by atoms with E-state index in [1.807, 2.05) is 0 Å². The van der Waals surface area contributed by atoms with Gasteiger partial charge in [-0.1, -0.05) is 24.9 Å². The molecule has 1 amide bonds. The fraction of sp³-hybridized carbons (Fsp3) is 0.316. The van der Waals surface area contributed by atoms with Crippen LogP contribution in [-0.2, 0) is 0 Å². The van der Waals surface area contributed by atoms with Gasteiger partial charge in [0.25, 0.3) is 5.91 Å². The summed E-state index contributed by atoms with van der Waals surface area (Å²) in [4.78, 5) is 24.8. The quantitative estimate of drug-likeness (QED) is 0.470. The minimum Gasteiger partial charge on any atom is -0.493 e. The van der Waals surface area contributed by atoms with Gasteiger partial charge in [-0.25, -0.2) is 0 Å². The molecule has 0 heterocycles.